The van der Waals surface area contributed by atoms with Crippen LogP contribution in [0.2, 0.25) is 0 Å². The van der Waals surface area contributed by atoms with Crippen LogP contribution in [0.4, 0.5) is 0 Å². The van der Waals surface area contributed by atoms with E-state index in [9.17, 15) is 24.0 Å². The molecule has 5 unspecified atom stereocenters. The zero-order valence-electron chi connectivity index (χ0n) is 25.6. The summed E-state index contributed by atoms with van der Waals surface area (Å²) >= 11 is 0. The van der Waals surface area contributed by atoms with Crippen molar-refractivity contribution in [3.63, 3.8) is 0 Å². The first-order valence-corrected chi connectivity index (χ1v) is 15.1. The van der Waals surface area contributed by atoms with Gasteiger partial charge in [0.15, 0.2) is 5.69 Å². The van der Waals surface area contributed by atoms with Gasteiger partial charge in [0.1, 0.15) is 17.8 Å². The summed E-state index contributed by atoms with van der Waals surface area (Å²) < 4.78 is 10.0. The molecule has 1 aromatic heterocycles. The van der Waals surface area contributed by atoms with Gasteiger partial charge in [-0.05, 0) is 44.6 Å². The smallest absolute Gasteiger partial charge is 0.330 e. The zero-order valence-corrected chi connectivity index (χ0v) is 25.6. The maximum Gasteiger partial charge on any atom is 0.330 e. The van der Waals surface area contributed by atoms with Crippen LogP contribution in [0.3, 0.4) is 0 Å². The van der Waals surface area contributed by atoms with E-state index >= 15 is 0 Å². The number of aromatic nitrogens is 1. The van der Waals surface area contributed by atoms with Gasteiger partial charge < -0.3 is 30.1 Å². The molecule has 3 N–H and O–H groups in total. The van der Waals surface area contributed by atoms with E-state index in [1.165, 1.54) is 23.1 Å². The van der Waals surface area contributed by atoms with Crippen molar-refractivity contribution in [2.45, 2.75) is 71.0 Å². The minimum absolute atomic E-state index is 0.0611. The van der Waals surface area contributed by atoms with E-state index in [1.54, 1.807) is 13.8 Å². The lowest BCUT2D eigenvalue weighted by molar-refractivity contribution is -0.140. The number of ether oxygens (including phenoxy) is 1. The van der Waals surface area contributed by atoms with E-state index in [2.05, 4.69) is 21.1 Å². The number of hydrogen-bond acceptors (Lipinski definition) is 8. The van der Waals surface area contributed by atoms with Crippen LogP contribution in [-0.2, 0) is 23.9 Å². The fraction of sp³-hybridized carbons (Fsp3) is 0.500. The fourth-order valence-corrected chi connectivity index (χ4v) is 5.70. The van der Waals surface area contributed by atoms with Crippen molar-refractivity contribution >= 4 is 29.6 Å². The Kier molecular flexibility index (Phi) is 10.9. The van der Waals surface area contributed by atoms with Gasteiger partial charge in [-0.15, -0.1) is 0 Å². The molecular weight excluding hydrogens is 566 g/mol. The zero-order chi connectivity index (χ0) is 31.8. The second-order valence-corrected chi connectivity index (χ2v) is 11.6. The number of aryl methyl sites for hydroxylation is 1. The standard InChI is InChI=1S/C32H41N5O7/c1-5-43-27(38)12-11-24(16-22-13-14-33-29(22)39)34-31(41)26-17-23(21-9-7-6-8-10-21)18-37(26)32(42)28(19(2)3)35-30(40)25-15-20(4)44-36-25/h6-12,15,19,22-24,26,28H,5,13-14,16-18H2,1-4H3,(H,33,39)(H,34,41)(H,35,40). The molecule has 3 heterocycles. The first kappa shape index (κ1) is 32.4. The highest BCUT2D eigenvalue weighted by Crippen LogP contribution is 2.33. The van der Waals surface area contributed by atoms with Gasteiger partial charge >= 0.3 is 5.97 Å². The Bertz CT molecular complexity index is 1370. The van der Waals surface area contributed by atoms with Gasteiger partial charge in [0.25, 0.3) is 5.91 Å². The lowest BCUT2D eigenvalue weighted by Crippen LogP contribution is -2.56. The molecule has 4 rings (SSSR count). The number of nitrogens with one attached hydrogen (secondary N) is 3. The van der Waals surface area contributed by atoms with Crippen molar-refractivity contribution in [1.82, 2.24) is 26.0 Å². The summed E-state index contributed by atoms with van der Waals surface area (Å²) in [6.07, 6.45) is 4.05. The van der Waals surface area contributed by atoms with Crippen molar-refractivity contribution in [3.8, 4) is 0 Å². The van der Waals surface area contributed by atoms with Gasteiger partial charge in [-0.2, -0.15) is 0 Å². The van der Waals surface area contributed by atoms with Crippen LogP contribution in [0.25, 0.3) is 0 Å². The molecule has 12 heteroatoms. The molecule has 236 valence electrons. The van der Waals surface area contributed by atoms with Crippen LogP contribution in [0.1, 0.15) is 67.8 Å². The maximum atomic E-state index is 14.1. The number of nitrogens with zero attached hydrogens (tertiary/aromatic N) is 2. The van der Waals surface area contributed by atoms with Crippen LogP contribution < -0.4 is 16.0 Å². The summed E-state index contributed by atoms with van der Waals surface area (Å²) in [4.78, 5) is 66.9. The first-order chi connectivity index (χ1) is 21.1. The third-order valence-electron chi connectivity index (χ3n) is 8.02. The molecule has 2 aliphatic rings. The predicted molar refractivity (Wildman–Crippen MR) is 160 cm³/mol. The van der Waals surface area contributed by atoms with Gasteiger partial charge in [-0.25, -0.2) is 4.79 Å². The van der Waals surface area contributed by atoms with E-state index in [0.717, 1.165) is 5.56 Å². The van der Waals surface area contributed by atoms with E-state index in [-0.39, 0.29) is 54.8 Å². The molecule has 2 aromatic rings. The number of amides is 4. The van der Waals surface area contributed by atoms with E-state index < -0.39 is 35.9 Å². The normalized spacial score (nSPS) is 21.2. The van der Waals surface area contributed by atoms with Crippen molar-refractivity contribution in [1.29, 1.82) is 0 Å². The lowest BCUT2D eigenvalue weighted by atomic mass is 9.95. The number of carbonyl (C=O) groups excluding carboxylic acids is 5. The number of likely N-dealkylation sites (tertiary alicyclic amines) is 1. The first-order valence-electron chi connectivity index (χ1n) is 15.1. The topological polar surface area (TPSA) is 160 Å². The van der Waals surface area contributed by atoms with Gasteiger partial charge in [-0.1, -0.05) is 55.4 Å². The summed E-state index contributed by atoms with van der Waals surface area (Å²) in [5.41, 5.74) is 1.05. The molecule has 4 amide bonds. The molecule has 0 aliphatic carbocycles. The molecule has 2 aliphatic heterocycles. The third kappa shape index (κ3) is 8.12. The summed E-state index contributed by atoms with van der Waals surface area (Å²) in [7, 11) is 0. The van der Waals surface area contributed by atoms with Crippen molar-refractivity contribution in [2.24, 2.45) is 11.8 Å². The van der Waals surface area contributed by atoms with Crippen LogP contribution in [-0.4, -0.2) is 77.5 Å². The number of esters is 1. The van der Waals surface area contributed by atoms with Crippen molar-refractivity contribution < 1.29 is 33.2 Å². The summed E-state index contributed by atoms with van der Waals surface area (Å²) in [5.74, 6) is -2.27. The van der Waals surface area contributed by atoms with Gasteiger partial charge in [0.2, 0.25) is 17.7 Å². The number of benzene rings is 1. The SMILES string of the molecule is CCOC(=O)C=CC(CC1CCNC1=O)NC(=O)C1CC(c2ccccc2)CN1C(=O)C(NC(=O)c1cc(C)on1)C(C)C. The van der Waals surface area contributed by atoms with Gasteiger partial charge in [0.05, 0.1) is 6.61 Å². The van der Waals surface area contributed by atoms with E-state index in [0.29, 0.717) is 25.1 Å². The average molecular weight is 608 g/mol. The molecular formula is C32H41N5O7. The lowest BCUT2D eigenvalue weighted by Gasteiger charge is -2.31. The average Bonchev–Trinajstić information content (AvgIpc) is 3.75. The Morgan fingerprint density at radius 1 is 1.18 bits per heavy atom. The van der Waals surface area contributed by atoms with Gasteiger partial charge in [-0.3, -0.25) is 19.2 Å². The van der Waals surface area contributed by atoms with E-state index in [1.807, 2.05) is 44.2 Å². The van der Waals surface area contributed by atoms with Gasteiger partial charge in [0, 0.05) is 43.1 Å². The quantitative estimate of drug-likeness (QED) is 0.245. The van der Waals surface area contributed by atoms with E-state index in [4.69, 9.17) is 9.26 Å². The number of rotatable bonds is 12. The minimum atomic E-state index is -0.925. The molecule has 5 atom stereocenters. The fourth-order valence-electron chi connectivity index (χ4n) is 5.70. The highest BCUT2D eigenvalue weighted by molar-refractivity contribution is 5.97. The summed E-state index contributed by atoms with van der Waals surface area (Å²) in [6, 6.07) is 8.72. The molecule has 1 aromatic carbocycles. The highest BCUT2D eigenvalue weighted by atomic mass is 16.5. The van der Waals surface area contributed by atoms with Crippen LogP contribution in [0.15, 0.2) is 53.1 Å². The molecule has 0 bridgehead atoms. The number of carbonyl (C=O) groups is 5. The molecule has 44 heavy (non-hydrogen) atoms. The van der Waals surface area contributed by atoms with Crippen molar-refractivity contribution in [3.05, 3.63) is 65.6 Å². The highest BCUT2D eigenvalue weighted by Gasteiger charge is 2.43. The van der Waals surface area contributed by atoms with Crippen LogP contribution >= 0.6 is 0 Å². The Morgan fingerprint density at radius 3 is 2.55 bits per heavy atom. The molecule has 2 saturated heterocycles. The summed E-state index contributed by atoms with van der Waals surface area (Å²) in [5, 5.41) is 12.3. The predicted octanol–water partition coefficient (Wildman–Crippen LogP) is 2.25. The minimum Gasteiger partial charge on any atom is -0.463 e. The van der Waals surface area contributed by atoms with Crippen LogP contribution in [0, 0.1) is 18.8 Å². The second-order valence-electron chi connectivity index (χ2n) is 11.6. The Hall–Kier alpha value is -4.48. The monoisotopic (exact) mass is 607 g/mol. The molecule has 12 nitrogen and oxygen atoms in total. The maximum absolute atomic E-state index is 14.1. The molecule has 2 fully saturated rings. The third-order valence-corrected chi connectivity index (χ3v) is 8.02. The number of hydrogen-bond donors (Lipinski definition) is 3. The molecule has 0 spiro atoms. The Balaban J connectivity index is 1.58. The Labute approximate surface area is 256 Å². The van der Waals surface area contributed by atoms with Crippen molar-refractivity contribution in [2.75, 3.05) is 19.7 Å². The van der Waals surface area contributed by atoms with Crippen LogP contribution in [0.5, 0.6) is 0 Å². The molecule has 0 radical (unpaired) electrons. The second kappa shape index (κ2) is 14.8. The largest absolute Gasteiger partial charge is 0.463 e. The summed E-state index contributed by atoms with van der Waals surface area (Å²) in [6.45, 7) is 8.03. The molecule has 0 saturated carbocycles. The Morgan fingerprint density at radius 2 is 1.93 bits per heavy atom.